The highest BCUT2D eigenvalue weighted by atomic mass is 16.7. The molecule has 1 aromatic carbocycles. The molecule has 1 saturated heterocycles. The highest BCUT2D eigenvalue weighted by Crippen LogP contribution is 2.29. The summed E-state index contributed by atoms with van der Waals surface area (Å²) in [6, 6.07) is 7.17. The number of aliphatic hydroxyl groups excluding tert-OH is 1. The minimum Gasteiger partial charge on any atom is -0.467 e. The second-order valence-electron chi connectivity index (χ2n) is 5.28. The number of aromatic amines is 1. The normalized spacial score (nSPS) is 15.9. The molecule has 0 saturated carbocycles. The van der Waals surface area contributed by atoms with Crippen molar-refractivity contribution >= 4 is 10.9 Å². The van der Waals surface area contributed by atoms with Crippen LogP contribution in [0.3, 0.4) is 0 Å². The summed E-state index contributed by atoms with van der Waals surface area (Å²) in [4.78, 5) is 5.70. The molecule has 1 fully saturated rings. The summed E-state index contributed by atoms with van der Waals surface area (Å²) in [5.74, 6) is 0.836. The van der Waals surface area contributed by atoms with Gasteiger partial charge in [-0.3, -0.25) is 4.90 Å². The van der Waals surface area contributed by atoms with Crippen molar-refractivity contribution in [2.24, 2.45) is 0 Å². The Bertz CT molecular complexity index is 576. The summed E-state index contributed by atoms with van der Waals surface area (Å²) in [5.41, 5.74) is 2.24. The number of benzene rings is 1. The molecule has 2 heterocycles. The quantitative estimate of drug-likeness (QED) is 0.604. The number of likely N-dealkylation sites (tertiary alicyclic amines) is 1. The third-order valence-electron chi connectivity index (χ3n) is 3.83. The Kier molecular flexibility index (Phi) is 4.75. The molecule has 1 aliphatic heterocycles. The first-order valence-corrected chi connectivity index (χ1v) is 7.43. The van der Waals surface area contributed by atoms with E-state index in [1.807, 2.05) is 18.3 Å². The van der Waals surface area contributed by atoms with E-state index in [2.05, 4.69) is 16.0 Å². The summed E-state index contributed by atoms with van der Waals surface area (Å²) in [7, 11) is 0. The van der Waals surface area contributed by atoms with Gasteiger partial charge >= 0.3 is 0 Å². The van der Waals surface area contributed by atoms with Crippen LogP contribution in [0.1, 0.15) is 18.4 Å². The zero-order valence-electron chi connectivity index (χ0n) is 12.1. The molecule has 0 bridgehead atoms. The summed E-state index contributed by atoms with van der Waals surface area (Å²) in [6.07, 6.45) is 4.37. The summed E-state index contributed by atoms with van der Waals surface area (Å²) in [5, 5.41) is 9.80. The van der Waals surface area contributed by atoms with Gasteiger partial charge in [0.15, 0.2) is 6.79 Å². The van der Waals surface area contributed by atoms with Crippen molar-refractivity contribution < 1.29 is 14.6 Å². The molecule has 0 aliphatic carbocycles. The number of nitrogens with zero attached hydrogens (tertiary/aromatic N) is 1. The Labute approximate surface area is 124 Å². The molecule has 2 N–H and O–H groups in total. The number of aromatic nitrogens is 1. The van der Waals surface area contributed by atoms with Gasteiger partial charge in [-0.1, -0.05) is 0 Å². The van der Waals surface area contributed by atoms with E-state index in [9.17, 15) is 0 Å². The SMILES string of the molecule is OCCOCOc1ccc2[c]c[nH]c2c1CN1CCCC1. The number of aliphatic hydroxyl groups is 1. The van der Waals surface area contributed by atoms with E-state index < -0.39 is 0 Å². The van der Waals surface area contributed by atoms with Crippen molar-refractivity contribution in [1.82, 2.24) is 9.88 Å². The van der Waals surface area contributed by atoms with Crippen LogP contribution >= 0.6 is 0 Å². The average molecular weight is 289 g/mol. The van der Waals surface area contributed by atoms with Crippen LogP contribution in [0.15, 0.2) is 18.3 Å². The lowest BCUT2D eigenvalue weighted by atomic mass is 10.1. The lowest BCUT2D eigenvalue weighted by Crippen LogP contribution is -2.19. The maximum absolute atomic E-state index is 8.72. The number of rotatable bonds is 7. The number of ether oxygens (including phenoxy) is 2. The zero-order valence-corrected chi connectivity index (χ0v) is 12.1. The molecule has 0 spiro atoms. The number of hydrogen-bond donors (Lipinski definition) is 2. The Balaban J connectivity index is 1.79. The predicted molar refractivity (Wildman–Crippen MR) is 80.2 cm³/mol. The molecule has 1 aliphatic rings. The van der Waals surface area contributed by atoms with Gasteiger partial charge in [0, 0.05) is 29.8 Å². The summed E-state index contributed by atoms with van der Waals surface area (Å²) < 4.78 is 10.9. The molecule has 1 aromatic heterocycles. The van der Waals surface area contributed by atoms with Crippen LogP contribution in [0, 0.1) is 6.07 Å². The largest absolute Gasteiger partial charge is 0.467 e. The van der Waals surface area contributed by atoms with Crippen LogP contribution in [-0.2, 0) is 11.3 Å². The first kappa shape index (κ1) is 14.4. The average Bonchev–Trinajstić information content (AvgIpc) is 3.16. The summed E-state index contributed by atoms with van der Waals surface area (Å²) >= 11 is 0. The first-order valence-electron chi connectivity index (χ1n) is 7.43. The maximum Gasteiger partial charge on any atom is 0.189 e. The highest BCUT2D eigenvalue weighted by molar-refractivity contribution is 5.84. The van der Waals surface area contributed by atoms with Crippen molar-refractivity contribution in [2.75, 3.05) is 33.1 Å². The maximum atomic E-state index is 8.72. The third kappa shape index (κ3) is 3.37. The lowest BCUT2D eigenvalue weighted by Gasteiger charge is -2.18. The van der Waals surface area contributed by atoms with Crippen molar-refractivity contribution in [1.29, 1.82) is 0 Å². The molecule has 5 nitrogen and oxygen atoms in total. The Morgan fingerprint density at radius 3 is 2.95 bits per heavy atom. The molecule has 3 rings (SSSR count). The fourth-order valence-corrected chi connectivity index (χ4v) is 2.79. The van der Waals surface area contributed by atoms with Crippen molar-refractivity contribution in [3.63, 3.8) is 0 Å². The minimum absolute atomic E-state index is 0.00855. The number of fused-ring (bicyclic) bond motifs is 1. The monoisotopic (exact) mass is 289 g/mol. The van der Waals surface area contributed by atoms with E-state index >= 15 is 0 Å². The van der Waals surface area contributed by atoms with E-state index in [0.717, 1.165) is 41.9 Å². The van der Waals surface area contributed by atoms with Gasteiger partial charge in [-0.15, -0.1) is 0 Å². The lowest BCUT2D eigenvalue weighted by molar-refractivity contribution is -0.00165. The molecule has 113 valence electrons. The van der Waals surface area contributed by atoms with E-state index in [1.165, 1.54) is 12.8 Å². The van der Waals surface area contributed by atoms with Gasteiger partial charge < -0.3 is 19.6 Å². The van der Waals surface area contributed by atoms with E-state index in [1.54, 1.807) is 0 Å². The zero-order chi connectivity index (χ0) is 14.5. The fraction of sp³-hybridized carbons (Fsp3) is 0.500. The molecule has 0 unspecified atom stereocenters. The van der Waals surface area contributed by atoms with Gasteiger partial charge in [-0.05, 0) is 38.1 Å². The Morgan fingerprint density at radius 1 is 1.29 bits per heavy atom. The van der Waals surface area contributed by atoms with Gasteiger partial charge in [0.25, 0.3) is 0 Å². The first-order chi connectivity index (χ1) is 10.4. The van der Waals surface area contributed by atoms with E-state index in [-0.39, 0.29) is 13.4 Å². The van der Waals surface area contributed by atoms with Crippen LogP contribution in [0.5, 0.6) is 5.75 Å². The van der Waals surface area contributed by atoms with E-state index in [4.69, 9.17) is 14.6 Å². The van der Waals surface area contributed by atoms with Crippen molar-refractivity contribution in [2.45, 2.75) is 19.4 Å². The Morgan fingerprint density at radius 2 is 2.14 bits per heavy atom. The molecule has 5 heteroatoms. The highest BCUT2D eigenvalue weighted by Gasteiger charge is 2.17. The van der Waals surface area contributed by atoms with Gasteiger partial charge in [-0.25, -0.2) is 0 Å². The molecular weight excluding hydrogens is 268 g/mol. The number of hydrogen-bond acceptors (Lipinski definition) is 4. The topological polar surface area (TPSA) is 57.7 Å². The molecule has 21 heavy (non-hydrogen) atoms. The fourth-order valence-electron chi connectivity index (χ4n) is 2.79. The third-order valence-corrected chi connectivity index (χ3v) is 3.83. The second kappa shape index (κ2) is 6.93. The molecule has 0 atom stereocenters. The van der Waals surface area contributed by atoms with Gasteiger partial charge in [-0.2, -0.15) is 0 Å². The minimum atomic E-state index is 0.00855. The predicted octanol–water partition coefficient (Wildman–Crippen LogP) is 1.91. The number of nitrogens with one attached hydrogen (secondary N) is 1. The van der Waals surface area contributed by atoms with Crippen LogP contribution in [0.4, 0.5) is 0 Å². The smallest absolute Gasteiger partial charge is 0.189 e. The van der Waals surface area contributed by atoms with Gasteiger partial charge in [0.05, 0.1) is 18.7 Å². The molecular formula is C16H21N2O3. The Hall–Kier alpha value is -1.56. The molecule has 1 radical (unpaired) electrons. The standard InChI is InChI=1S/C16H21N2O3/c19-9-10-20-12-21-15-4-3-13-5-6-17-16(13)14(15)11-18-7-1-2-8-18/h3-4,6,17,19H,1-2,7-12H2. The molecule has 0 amide bonds. The van der Waals surface area contributed by atoms with E-state index in [0.29, 0.717) is 6.61 Å². The summed E-state index contributed by atoms with van der Waals surface area (Å²) in [6.45, 7) is 3.61. The van der Waals surface area contributed by atoms with Crippen LogP contribution in [0.2, 0.25) is 0 Å². The van der Waals surface area contributed by atoms with Crippen molar-refractivity contribution in [3.05, 3.63) is 30.0 Å². The van der Waals surface area contributed by atoms with Crippen LogP contribution in [-0.4, -0.2) is 48.1 Å². The van der Waals surface area contributed by atoms with Crippen LogP contribution < -0.4 is 4.74 Å². The second-order valence-corrected chi connectivity index (χ2v) is 5.28. The van der Waals surface area contributed by atoms with Gasteiger partial charge in [0.1, 0.15) is 5.75 Å². The van der Waals surface area contributed by atoms with Crippen LogP contribution in [0.25, 0.3) is 10.9 Å². The number of H-pyrrole nitrogens is 1. The van der Waals surface area contributed by atoms with Crippen molar-refractivity contribution in [3.8, 4) is 5.75 Å². The molecule has 2 aromatic rings. The van der Waals surface area contributed by atoms with Gasteiger partial charge in [0.2, 0.25) is 0 Å².